The maximum Gasteiger partial charge on any atom is 0.358 e. The highest BCUT2D eigenvalue weighted by Gasteiger charge is 2.29. The molecule has 0 spiro atoms. The van der Waals surface area contributed by atoms with Crippen LogP contribution < -0.4 is 5.30 Å². The van der Waals surface area contributed by atoms with E-state index in [1.165, 1.54) is 30.3 Å². The fraction of sp³-hybridized carbons (Fsp3) is 0. The van der Waals surface area contributed by atoms with E-state index in [-0.39, 0.29) is 16.5 Å². The largest absolute Gasteiger partial charge is 0.508 e. The van der Waals surface area contributed by atoms with Gasteiger partial charge in [-0.25, -0.2) is 0 Å². The second-order valence-corrected chi connectivity index (χ2v) is 13.1. The maximum absolute atomic E-state index is 12.2. The standard InChI is InChI=1S/C22H16ClN4O12PS2/c23-11-1-6-14(15(9-11)40(31,32)33)25-27-20-17(42(37,38)39)8-10-7-16(41(34,35)36)19(21(29)18(10)22(20)30)26-24-12-2-4-13(28)5-3-12/h1-9,28-30H,(H2,31,32,33)(H,34,35,36)(H,37,38,39). The monoisotopic (exact) mass is 658 g/mol. The Hall–Kier alpha value is -4.00. The molecule has 220 valence electrons. The minimum Gasteiger partial charge on any atom is -0.508 e. The highest BCUT2D eigenvalue weighted by atomic mass is 35.5. The average molecular weight is 659 g/mol. The van der Waals surface area contributed by atoms with E-state index in [9.17, 15) is 55.6 Å². The number of rotatable bonds is 7. The lowest BCUT2D eigenvalue weighted by Crippen LogP contribution is -2.04. The van der Waals surface area contributed by atoms with Crippen LogP contribution in [0.15, 0.2) is 84.8 Å². The number of aromatic hydroxyl groups is 3. The van der Waals surface area contributed by atoms with Crippen LogP contribution in [0.5, 0.6) is 17.2 Å². The van der Waals surface area contributed by atoms with Crippen molar-refractivity contribution in [3.8, 4) is 17.2 Å². The van der Waals surface area contributed by atoms with E-state index in [4.69, 9.17) is 11.6 Å². The van der Waals surface area contributed by atoms with Crippen LogP contribution in [0.1, 0.15) is 0 Å². The van der Waals surface area contributed by atoms with E-state index in [1.54, 1.807) is 0 Å². The Balaban J connectivity index is 2.04. The van der Waals surface area contributed by atoms with Crippen LogP contribution in [0.2, 0.25) is 5.02 Å². The van der Waals surface area contributed by atoms with Crippen LogP contribution in [0.4, 0.5) is 22.7 Å². The van der Waals surface area contributed by atoms with Crippen molar-refractivity contribution in [3.63, 3.8) is 0 Å². The van der Waals surface area contributed by atoms with Crippen LogP contribution in [-0.2, 0) is 24.8 Å². The van der Waals surface area contributed by atoms with Gasteiger partial charge >= 0.3 is 7.60 Å². The smallest absolute Gasteiger partial charge is 0.358 e. The zero-order valence-electron chi connectivity index (χ0n) is 20.3. The van der Waals surface area contributed by atoms with E-state index in [0.29, 0.717) is 12.1 Å². The number of fused-ring (bicyclic) bond motifs is 1. The molecule has 0 bridgehead atoms. The van der Waals surface area contributed by atoms with Crippen molar-refractivity contribution in [2.75, 3.05) is 0 Å². The second-order valence-electron chi connectivity index (χ2n) is 8.29. The third kappa shape index (κ3) is 6.40. The molecular weight excluding hydrogens is 643 g/mol. The lowest BCUT2D eigenvalue weighted by atomic mass is 10.1. The predicted molar refractivity (Wildman–Crippen MR) is 146 cm³/mol. The molecule has 0 radical (unpaired) electrons. The summed E-state index contributed by atoms with van der Waals surface area (Å²) in [5.74, 6) is -2.47. The Morgan fingerprint density at radius 1 is 0.690 bits per heavy atom. The molecule has 0 aliphatic heterocycles. The van der Waals surface area contributed by atoms with E-state index in [2.05, 4.69) is 20.5 Å². The van der Waals surface area contributed by atoms with Gasteiger partial charge in [-0.2, -0.15) is 21.9 Å². The molecule has 4 rings (SSSR count). The third-order valence-electron chi connectivity index (χ3n) is 5.43. The van der Waals surface area contributed by atoms with Gasteiger partial charge in [0.05, 0.1) is 16.4 Å². The molecular formula is C22H16ClN4O12PS2. The molecule has 0 amide bonds. The van der Waals surface area contributed by atoms with E-state index in [0.717, 1.165) is 12.1 Å². The van der Waals surface area contributed by atoms with Crippen LogP contribution in [0.3, 0.4) is 0 Å². The van der Waals surface area contributed by atoms with Crippen molar-refractivity contribution in [2.45, 2.75) is 9.79 Å². The van der Waals surface area contributed by atoms with E-state index in [1.807, 2.05) is 0 Å². The Morgan fingerprint density at radius 3 is 1.67 bits per heavy atom. The van der Waals surface area contributed by atoms with Gasteiger partial charge in [0.1, 0.15) is 32.6 Å². The lowest BCUT2D eigenvalue weighted by Gasteiger charge is -2.13. The van der Waals surface area contributed by atoms with Gasteiger partial charge < -0.3 is 25.1 Å². The first kappa shape index (κ1) is 30.9. The molecule has 0 aliphatic rings. The molecule has 0 saturated carbocycles. The van der Waals surface area contributed by atoms with Crippen molar-refractivity contribution in [2.24, 2.45) is 20.5 Å². The number of hydrogen-bond acceptors (Lipinski definition) is 12. The summed E-state index contributed by atoms with van der Waals surface area (Å²) in [5, 5.41) is 43.8. The van der Waals surface area contributed by atoms with Crippen molar-refractivity contribution < 1.29 is 55.6 Å². The Morgan fingerprint density at radius 2 is 1.19 bits per heavy atom. The number of benzene rings is 4. The molecule has 0 unspecified atom stereocenters. The highest BCUT2D eigenvalue weighted by molar-refractivity contribution is 7.86. The minimum atomic E-state index is -5.26. The van der Waals surface area contributed by atoms with Crippen molar-refractivity contribution in [3.05, 3.63) is 59.6 Å². The first-order chi connectivity index (χ1) is 19.4. The normalized spacial score (nSPS) is 13.0. The second kappa shape index (κ2) is 11.0. The zero-order valence-corrected chi connectivity index (χ0v) is 23.6. The Kier molecular flexibility index (Phi) is 8.11. The Labute approximate surface area is 240 Å². The molecule has 4 aromatic rings. The van der Waals surface area contributed by atoms with Gasteiger partial charge in [-0.3, -0.25) is 13.7 Å². The van der Waals surface area contributed by atoms with Gasteiger partial charge in [0.15, 0.2) is 11.5 Å². The number of nitrogens with zero attached hydrogens (tertiary/aromatic N) is 4. The molecule has 0 saturated heterocycles. The summed E-state index contributed by atoms with van der Waals surface area (Å²) in [6, 6.07) is 9.23. The molecule has 0 aromatic heterocycles. The summed E-state index contributed by atoms with van der Waals surface area (Å²) in [5.41, 5.74) is -2.40. The first-order valence-electron chi connectivity index (χ1n) is 10.9. The topological polar surface area (TPSA) is 276 Å². The number of halogens is 1. The lowest BCUT2D eigenvalue weighted by molar-refractivity contribution is 0.387. The van der Waals surface area contributed by atoms with Crippen LogP contribution >= 0.6 is 19.2 Å². The molecule has 16 nitrogen and oxygen atoms in total. The summed E-state index contributed by atoms with van der Waals surface area (Å²) in [4.78, 5) is 17.0. The van der Waals surface area contributed by atoms with Crippen LogP contribution in [0.25, 0.3) is 10.8 Å². The molecule has 0 atom stereocenters. The van der Waals surface area contributed by atoms with Gasteiger partial charge in [0, 0.05) is 5.02 Å². The highest BCUT2D eigenvalue weighted by Crippen LogP contribution is 2.50. The Bertz CT molecular complexity index is 2080. The molecule has 0 aliphatic carbocycles. The van der Waals surface area contributed by atoms with Crippen molar-refractivity contribution >= 4 is 78.3 Å². The number of phenolic OH excluding ortho intramolecular Hbond substituents is 3. The molecule has 20 heteroatoms. The minimum absolute atomic E-state index is 0.0536. The quantitative estimate of drug-likeness (QED) is 0.0805. The summed E-state index contributed by atoms with van der Waals surface area (Å²) in [6.45, 7) is 0. The fourth-order valence-electron chi connectivity index (χ4n) is 3.59. The van der Waals surface area contributed by atoms with Crippen molar-refractivity contribution in [1.82, 2.24) is 0 Å². The molecule has 0 heterocycles. The van der Waals surface area contributed by atoms with Crippen LogP contribution in [0, 0.1) is 0 Å². The van der Waals surface area contributed by atoms with E-state index >= 15 is 0 Å². The summed E-state index contributed by atoms with van der Waals surface area (Å²) in [6.07, 6.45) is 0. The maximum atomic E-state index is 12.2. The van der Waals surface area contributed by atoms with Crippen molar-refractivity contribution in [1.29, 1.82) is 0 Å². The predicted octanol–water partition coefficient (Wildman–Crippen LogP) is 4.74. The third-order valence-corrected chi connectivity index (χ3v) is 8.39. The number of phenols is 3. The van der Waals surface area contributed by atoms with Gasteiger partial charge in [-0.1, -0.05) is 11.6 Å². The zero-order chi connectivity index (χ0) is 31.2. The molecule has 0 fully saturated rings. The SMILES string of the molecule is O=P(O)(O)c1cc(Cl)ccc1N=Nc1c(S(=O)(=O)O)cc2cc(S(=O)(=O)O)c(N=Nc3ccc(O)cc3)c(O)c2c1O. The summed E-state index contributed by atoms with van der Waals surface area (Å²) < 4.78 is 80.0. The van der Waals surface area contributed by atoms with Gasteiger partial charge in [-0.15, -0.1) is 15.3 Å². The number of azo groups is 2. The molecule has 42 heavy (non-hydrogen) atoms. The molecule has 4 aromatic carbocycles. The number of hydrogen-bond donors (Lipinski definition) is 7. The van der Waals surface area contributed by atoms with E-state index < -0.39 is 82.3 Å². The summed E-state index contributed by atoms with van der Waals surface area (Å²) in [7, 11) is -15.4. The van der Waals surface area contributed by atoms with Gasteiger partial charge in [0.25, 0.3) is 20.2 Å². The van der Waals surface area contributed by atoms with Crippen LogP contribution in [-0.4, -0.2) is 51.0 Å². The average Bonchev–Trinajstić information content (AvgIpc) is 2.87. The van der Waals surface area contributed by atoms with Gasteiger partial charge in [0.2, 0.25) is 0 Å². The summed E-state index contributed by atoms with van der Waals surface area (Å²) >= 11 is 5.78. The first-order valence-corrected chi connectivity index (χ1v) is 15.7. The van der Waals surface area contributed by atoms with Gasteiger partial charge in [-0.05, 0) is 60.0 Å². The molecule has 7 N–H and O–H groups in total. The fourth-order valence-corrected chi connectivity index (χ4v) is 5.88.